The van der Waals surface area contributed by atoms with Crippen LogP contribution in [0.4, 0.5) is 5.82 Å². The van der Waals surface area contributed by atoms with Gasteiger partial charge in [0.2, 0.25) is 0 Å². The summed E-state index contributed by atoms with van der Waals surface area (Å²) in [4.78, 5) is 17.4. The quantitative estimate of drug-likeness (QED) is 0.814. The predicted octanol–water partition coefficient (Wildman–Crippen LogP) is 1.39. The Morgan fingerprint density at radius 3 is 2.80 bits per heavy atom. The fraction of sp³-hybridized carbons (Fsp3) is 0.455. The molecular formula is C11H17N3O. The van der Waals surface area contributed by atoms with Crippen molar-refractivity contribution < 1.29 is 4.79 Å². The normalized spacial score (nSPS) is 10.4. The molecule has 1 aromatic heterocycles. The van der Waals surface area contributed by atoms with Crippen LogP contribution in [0.5, 0.6) is 0 Å². The van der Waals surface area contributed by atoms with Crippen molar-refractivity contribution in [3.8, 4) is 0 Å². The van der Waals surface area contributed by atoms with Crippen LogP contribution in [-0.4, -0.2) is 29.4 Å². The van der Waals surface area contributed by atoms with Gasteiger partial charge in [-0.15, -0.1) is 0 Å². The number of hydrogen-bond donors (Lipinski definition) is 1. The van der Waals surface area contributed by atoms with Gasteiger partial charge in [0.1, 0.15) is 5.82 Å². The van der Waals surface area contributed by atoms with Gasteiger partial charge in [-0.1, -0.05) is 13.8 Å². The van der Waals surface area contributed by atoms with Crippen molar-refractivity contribution in [2.75, 3.05) is 19.3 Å². The highest BCUT2D eigenvalue weighted by atomic mass is 16.2. The van der Waals surface area contributed by atoms with Gasteiger partial charge < -0.3 is 10.6 Å². The summed E-state index contributed by atoms with van der Waals surface area (Å²) >= 11 is 0. The molecule has 0 atom stereocenters. The van der Waals surface area contributed by atoms with E-state index in [9.17, 15) is 4.79 Å². The number of carbonyl (C=O) groups excluding carboxylic acids is 1. The van der Waals surface area contributed by atoms with Crippen LogP contribution in [-0.2, 0) is 0 Å². The Morgan fingerprint density at radius 1 is 1.60 bits per heavy atom. The van der Waals surface area contributed by atoms with Gasteiger partial charge in [-0.05, 0) is 18.1 Å². The lowest BCUT2D eigenvalue weighted by Gasteiger charge is -2.19. The molecule has 0 aliphatic rings. The molecule has 0 fully saturated rings. The minimum Gasteiger partial charge on any atom is -0.384 e. The Bertz CT molecular complexity index is 349. The average Bonchev–Trinajstić information content (AvgIpc) is 2.15. The summed E-state index contributed by atoms with van der Waals surface area (Å²) in [5, 5.41) is 0. The lowest BCUT2D eigenvalue weighted by atomic mass is 10.2. The third kappa shape index (κ3) is 3.23. The first-order valence-corrected chi connectivity index (χ1v) is 4.97. The van der Waals surface area contributed by atoms with Crippen LogP contribution in [0, 0.1) is 5.92 Å². The van der Waals surface area contributed by atoms with E-state index in [1.165, 1.54) is 0 Å². The van der Waals surface area contributed by atoms with Crippen molar-refractivity contribution in [2.24, 2.45) is 5.92 Å². The van der Waals surface area contributed by atoms with Crippen molar-refractivity contribution in [1.29, 1.82) is 0 Å². The standard InChI is InChI=1S/C11H17N3O/c1-8(2)7-14(3)11(15)9-4-5-13-10(12)6-9/h4-6,8H,7H2,1-3H3,(H2,12,13). The second-order valence-corrected chi connectivity index (χ2v) is 4.05. The average molecular weight is 207 g/mol. The molecule has 2 N–H and O–H groups in total. The molecule has 0 radical (unpaired) electrons. The van der Waals surface area contributed by atoms with Gasteiger partial charge in [-0.25, -0.2) is 4.98 Å². The first kappa shape index (κ1) is 11.5. The molecule has 4 heteroatoms. The summed E-state index contributed by atoms with van der Waals surface area (Å²) in [5.74, 6) is 0.815. The van der Waals surface area contributed by atoms with Crippen molar-refractivity contribution in [1.82, 2.24) is 9.88 Å². The van der Waals surface area contributed by atoms with Crippen LogP contribution in [0.3, 0.4) is 0 Å². The maximum absolute atomic E-state index is 11.9. The first-order valence-electron chi connectivity index (χ1n) is 4.97. The molecule has 0 saturated carbocycles. The number of carbonyl (C=O) groups is 1. The van der Waals surface area contributed by atoms with E-state index in [4.69, 9.17) is 5.73 Å². The zero-order chi connectivity index (χ0) is 11.4. The Morgan fingerprint density at radius 2 is 2.27 bits per heavy atom. The smallest absolute Gasteiger partial charge is 0.253 e. The van der Waals surface area contributed by atoms with E-state index in [-0.39, 0.29) is 5.91 Å². The monoisotopic (exact) mass is 207 g/mol. The third-order valence-corrected chi connectivity index (χ3v) is 2.01. The SMILES string of the molecule is CC(C)CN(C)C(=O)c1ccnc(N)c1. The molecule has 0 bridgehead atoms. The molecule has 0 saturated heterocycles. The lowest BCUT2D eigenvalue weighted by Crippen LogP contribution is -2.30. The Balaban J connectivity index is 2.76. The number of nitrogens with two attached hydrogens (primary N) is 1. The van der Waals surface area contributed by atoms with Gasteiger partial charge >= 0.3 is 0 Å². The van der Waals surface area contributed by atoms with E-state index in [1.54, 1.807) is 30.3 Å². The van der Waals surface area contributed by atoms with Crippen LogP contribution in [0.2, 0.25) is 0 Å². The maximum Gasteiger partial charge on any atom is 0.253 e. The number of hydrogen-bond acceptors (Lipinski definition) is 3. The van der Waals surface area contributed by atoms with E-state index in [0.29, 0.717) is 17.3 Å². The number of aromatic nitrogens is 1. The Labute approximate surface area is 90.1 Å². The molecule has 0 aliphatic carbocycles. The maximum atomic E-state index is 11.9. The summed E-state index contributed by atoms with van der Waals surface area (Å²) in [5.41, 5.74) is 6.10. The summed E-state index contributed by atoms with van der Waals surface area (Å²) in [6.07, 6.45) is 1.55. The number of amides is 1. The molecule has 4 nitrogen and oxygen atoms in total. The zero-order valence-corrected chi connectivity index (χ0v) is 9.40. The van der Waals surface area contributed by atoms with Crippen molar-refractivity contribution in [2.45, 2.75) is 13.8 Å². The van der Waals surface area contributed by atoms with Crippen molar-refractivity contribution in [3.63, 3.8) is 0 Å². The van der Waals surface area contributed by atoms with Gasteiger partial charge in [0.15, 0.2) is 0 Å². The van der Waals surface area contributed by atoms with Crippen molar-refractivity contribution in [3.05, 3.63) is 23.9 Å². The van der Waals surface area contributed by atoms with Crippen molar-refractivity contribution >= 4 is 11.7 Å². The molecule has 0 aliphatic heterocycles. The lowest BCUT2D eigenvalue weighted by molar-refractivity contribution is 0.0779. The minimum absolute atomic E-state index is 0.0159. The van der Waals surface area contributed by atoms with Crippen LogP contribution < -0.4 is 5.73 Å². The molecule has 0 spiro atoms. The Kier molecular flexibility index (Phi) is 3.66. The van der Waals surface area contributed by atoms with E-state index >= 15 is 0 Å². The van der Waals surface area contributed by atoms with E-state index in [0.717, 1.165) is 6.54 Å². The molecule has 0 aromatic carbocycles. The van der Waals surface area contributed by atoms with Gasteiger partial charge in [-0.3, -0.25) is 4.79 Å². The van der Waals surface area contributed by atoms with Crippen LogP contribution in [0.15, 0.2) is 18.3 Å². The number of anilines is 1. The van der Waals surface area contributed by atoms with Gasteiger partial charge in [0, 0.05) is 25.4 Å². The third-order valence-electron chi connectivity index (χ3n) is 2.01. The van der Waals surface area contributed by atoms with Gasteiger partial charge in [-0.2, -0.15) is 0 Å². The zero-order valence-electron chi connectivity index (χ0n) is 9.40. The predicted molar refractivity (Wildman–Crippen MR) is 60.4 cm³/mol. The molecule has 15 heavy (non-hydrogen) atoms. The summed E-state index contributed by atoms with van der Waals surface area (Å²) in [7, 11) is 1.79. The fourth-order valence-corrected chi connectivity index (χ4v) is 1.43. The number of pyridine rings is 1. The summed E-state index contributed by atoms with van der Waals surface area (Å²) < 4.78 is 0. The van der Waals surface area contributed by atoms with Crippen LogP contribution in [0.1, 0.15) is 24.2 Å². The fourth-order valence-electron chi connectivity index (χ4n) is 1.43. The highest BCUT2D eigenvalue weighted by molar-refractivity contribution is 5.94. The van der Waals surface area contributed by atoms with Gasteiger partial charge in [0.25, 0.3) is 5.91 Å². The molecule has 1 amide bonds. The highest BCUT2D eigenvalue weighted by Crippen LogP contribution is 2.07. The van der Waals surface area contributed by atoms with E-state index in [2.05, 4.69) is 18.8 Å². The first-order chi connectivity index (χ1) is 7.00. The Hall–Kier alpha value is -1.58. The molecular weight excluding hydrogens is 190 g/mol. The van der Waals surface area contributed by atoms with Gasteiger partial charge in [0.05, 0.1) is 0 Å². The molecule has 82 valence electrons. The highest BCUT2D eigenvalue weighted by Gasteiger charge is 2.12. The molecule has 0 unspecified atom stereocenters. The van der Waals surface area contributed by atoms with E-state index < -0.39 is 0 Å². The summed E-state index contributed by atoms with van der Waals surface area (Å²) in [6, 6.07) is 3.27. The van der Waals surface area contributed by atoms with Crippen LogP contribution in [0.25, 0.3) is 0 Å². The molecule has 1 heterocycles. The second-order valence-electron chi connectivity index (χ2n) is 4.05. The number of nitrogens with zero attached hydrogens (tertiary/aromatic N) is 2. The van der Waals surface area contributed by atoms with Crippen LogP contribution >= 0.6 is 0 Å². The largest absolute Gasteiger partial charge is 0.384 e. The topological polar surface area (TPSA) is 59.2 Å². The summed E-state index contributed by atoms with van der Waals surface area (Å²) in [6.45, 7) is 4.89. The number of nitrogen functional groups attached to an aromatic ring is 1. The molecule has 1 rings (SSSR count). The van der Waals surface area contributed by atoms with E-state index in [1.807, 2.05) is 0 Å². The molecule has 1 aromatic rings. The minimum atomic E-state index is -0.0159. The number of rotatable bonds is 3. The second kappa shape index (κ2) is 4.77.